The molecule has 1 aromatic carbocycles. The molecule has 1 aliphatic rings. The fraction of sp³-hybridized carbons (Fsp3) is 0.417. The van der Waals surface area contributed by atoms with Gasteiger partial charge < -0.3 is 10.6 Å². The number of non-ortho nitro benzene ring substituents is 1. The molecule has 2 N–H and O–H groups in total. The fourth-order valence-electron chi connectivity index (χ4n) is 2.29. The molecule has 0 bridgehead atoms. The van der Waals surface area contributed by atoms with Crippen LogP contribution in [-0.4, -0.2) is 34.9 Å². The van der Waals surface area contributed by atoms with Crippen LogP contribution in [-0.2, 0) is 0 Å². The molecular weight excluding hydrogens is 270 g/mol. The maximum atomic E-state index is 12.3. The number of hydrogen-bond acceptors (Lipinski definition) is 4. The number of hydrogen-bond donors (Lipinski definition) is 1. The number of benzene rings is 1. The molecule has 6 nitrogen and oxygen atoms in total. The van der Waals surface area contributed by atoms with Crippen LogP contribution >= 0.6 is 11.6 Å². The number of nitro benzene ring substituents is 1. The molecule has 1 heterocycles. The third kappa shape index (κ3) is 2.69. The van der Waals surface area contributed by atoms with Crippen molar-refractivity contribution < 1.29 is 9.72 Å². The summed E-state index contributed by atoms with van der Waals surface area (Å²) >= 11 is 5.95. The zero-order valence-corrected chi connectivity index (χ0v) is 11.0. The van der Waals surface area contributed by atoms with Gasteiger partial charge in [-0.25, -0.2) is 0 Å². The van der Waals surface area contributed by atoms with Crippen molar-refractivity contribution in [2.75, 3.05) is 13.1 Å². The first-order chi connectivity index (χ1) is 9.04. The fourth-order valence-corrected chi connectivity index (χ4v) is 2.55. The Morgan fingerprint density at radius 2 is 2.32 bits per heavy atom. The molecule has 0 saturated carbocycles. The Hall–Kier alpha value is -1.66. The minimum absolute atomic E-state index is 0.0266. The Kier molecular flexibility index (Phi) is 4.01. The van der Waals surface area contributed by atoms with Crippen molar-refractivity contribution >= 4 is 23.2 Å². The molecule has 1 fully saturated rings. The van der Waals surface area contributed by atoms with E-state index >= 15 is 0 Å². The van der Waals surface area contributed by atoms with Crippen LogP contribution in [0.1, 0.15) is 23.2 Å². The lowest BCUT2D eigenvalue weighted by Crippen LogP contribution is -2.40. The molecule has 2 rings (SSSR count). The summed E-state index contributed by atoms with van der Waals surface area (Å²) in [6, 6.07) is 3.91. The summed E-state index contributed by atoms with van der Waals surface area (Å²) in [4.78, 5) is 24.1. The van der Waals surface area contributed by atoms with Crippen LogP contribution in [0.15, 0.2) is 18.2 Å². The van der Waals surface area contributed by atoms with Crippen molar-refractivity contribution in [3.05, 3.63) is 38.9 Å². The van der Waals surface area contributed by atoms with E-state index < -0.39 is 4.92 Å². The van der Waals surface area contributed by atoms with E-state index in [0.29, 0.717) is 13.1 Å². The average molecular weight is 284 g/mol. The van der Waals surface area contributed by atoms with E-state index in [1.165, 1.54) is 18.2 Å². The predicted molar refractivity (Wildman–Crippen MR) is 71.2 cm³/mol. The van der Waals surface area contributed by atoms with Crippen LogP contribution < -0.4 is 5.73 Å². The topological polar surface area (TPSA) is 89.5 Å². The summed E-state index contributed by atoms with van der Waals surface area (Å²) < 4.78 is 0. The van der Waals surface area contributed by atoms with Crippen molar-refractivity contribution in [1.29, 1.82) is 0 Å². The molecule has 1 aromatic rings. The van der Waals surface area contributed by atoms with Crippen molar-refractivity contribution in [3.8, 4) is 0 Å². The Labute approximate surface area is 115 Å². The molecule has 0 aromatic heterocycles. The molecule has 1 atom stereocenters. The summed E-state index contributed by atoms with van der Waals surface area (Å²) in [6.45, 7) is 1.06. The molecular formula is C12H14ClN3O3. The van der Waals surface area contributed by atoms with Gasteiger partial charge in [0, 0.05) is 31.3 Å². The largest absolute Gasteiger partial charge is 0.334 e. The van der Waals surface area contributed by atoms with Crippen LogP contribution in [0.4, 0.5) is 5.69 Å². The maximum absolute atomic E-state index is 12.3. The molecule has 0 spiro atoms. The second-order valence-electron chi connectivity index (χ2n) is 4.45. The lowest BCUT2D eigenvalue weighted by Gasteiger charge is -2.23. The van der Waals surface area contributed by atoms with Crippen molar-refractivity contribution in [1.82, 2.24) is 4.90 Å². The number of amides is 1. The monoisotopic (exact) mass is 283 g/mol. The number of nitro groups is 1. The van der Waals surface area contributed by atoms with Crippen LogP contribution in [0.5, 0.6) is 0 Å². The van der Waals surface area contributed by atoms with Gasteiger partial charge in [0.25, 0.3) is 11.6 Å². The van der Waals surface area contributed by atoms with Gasteiger partial charge in [-0.1, -0.05) is 11.6 Å². The van der Waals surface area contributed by atoms with Gasteiger partial charge in [-0.2, -0.15) is 0 Å². The van der Waals surface area contributed by atoms with Gasteiger partial charge in [0.2, 0.25) is 0 Å². The summed E-state index contributed by atoms with van der Waals surface area (Å²) in [7, 11) is 0. The number of carbonyl (C=O) groups is 1. The van der Waals surface area contributed by atoms with E-state index in [0.717, 1.165) is 12.8 Å². The number of nitrogens with zero attached hydrogens (tertiary/aromatic N) is 2. The van der Waals surface area contributed by atoms with E-state index in [1.807, 2.05) is 0 Å². The molecule has 1 amide bonds. The lowest BCUT2D eigenvalue weighted by atomic mass is 10.1. The number of carbonyl (C=O) groups excluding carboxylic acids is 1. The molecule has 7 heteroatoms. The summed E-state index contributed by atoms with van der Waals surface area (Å²) in [5.74, 6) is -0.215. The maximum Gasteiger partial charge on any atom is 0.270 e. The van der Waals surface area contributed by atoms with Crippen molar-refractivity contribution in [2.24, 2.45) is 5.73 Å². The number of likely N-dealkylation sites (tertiary alicyclic amines) is 1. The molecule has 19 heavy (non-hydrogen) atoms. The van der Waals surface area contributed by atoms with E-state index in [2.05, 4.69) is 0 Å². The normalized spacial score (nSPS) is 18.6. The minimum atomic E-state index is -0.543. The van der Waals surface area contributed by atoms with Gasteiger partial charge in [-0.05, 0) is 18.9 Å². The molecule has 0 radical (unpaired) electrons. The van der Waals surface area contributed by atoms with Gasteiger partial charge in [0.1, 0.15) is 0 Å². The van der Waals surface area contributed by atoms with Crippen LogP contribution in [0, 0.1) is 10.1 Å². The molecule has 102 valence electrons. The van der Waals surface area contributed by atoms with E-state index in [1.54, 1.807) is 4.90 Å². The van der Waals surface area contributed by atoms with E-state index in [4.69, 9.17) is 17.3 Å². The first kappa shape index (κ1) is 13.8. The Balaban J connectivity index is 2.26. The zero-order valence-electron chi connectivity index (χ0n) is 10.2. The van der Waals surface area contributed by atoms with E-state index in [9.17, 15) is 14.9 Å². The standard InChI is InChI=1S/C12H14ClN3O3/c13-11-6-8(16(18)19)3-4-10(11)12(17)15-5-1-2-9(15)7-14/h3-4,6,9H,1-2,5,7,14H2. The third-order valence-electron chi connectivity index (χ3n) is 3.30. The van der Waals surface area contributed by atoms with Gasteiger partial charge in [0.15, 0.2) is 0 Å². The second kappa shape index (κ2) is 5.54. The first-order valence-electron chi connectivity index (χ1n) is 5.99. The Morgan fingerprint density at radius 3 is 2.89 bits per heavy atom. The van der Waals surface area contributed by atoms with Crippen LogP contribution in [0.25, 0.3) is 0 Å². The SMILES string of the molecule is NCC1CCCN1C(=O)c1ccc([N+](=O)[O-])cc1Cl. The zero-order chi connectivity index (χ0) is 14.0. The number of nitrogens with two attached hydrogens (primary N) is 1. The highest BCUT2D eigenvalue weighted by atomic mass is 35.5. The Morgan fingerprint density at radius 1 is 1.58 bits per heavy atom. The molecule has 0 aliphatic carbocycles. The molecule has 1 aliphatic heterocycles. The highest BCUT2D eigenvalue weighted by Crippen LogP contribution is 2.26. The summed E-state index contributed by atoms with van der Waals surface area (Å²) in [6.07, 6.45) is 1.80. The van der Waals surface area contributed by atoms with Gasteiger partial charge in [0.05, 0.1) is 15.5 Å². The Bertz CT molecular complexity index is 521. The number of rotatable bonds is 3. The predicted octanol–water partition coefficient (Wildman–Crippen LogP) is 1.81. The smallest absolute Gasteiger partial charge is 0.270 e. The highest BCUT2D eigenvalue weighted by molar-refractivity contribution is 6.34. The molecule has 1 unspecified atom stereocenters. The summed E-state index contributed by atoms with van der Waals surface area (Å²) in [5, 5.41) is 10.7. The van der Waals surface area contributed by atoms with Crippen LogP contribution in [0.3, 0.4) is 0 Å². The van der Waals surface area contributed by atoms with Gasteiger partial charge in [-0.3, -0.25) is 14.9 Å². The van der Waals surface area contributed by atoms with Crippen molar-refractivity contribution in [2.45, 2.75) is 18.9 Å². The second-order valence-corrected chi connectivity index (χ2v) is 4.86. The quantitative estimate of drug-likeness (QED) is 0.677. The minimum Gasteiger partial charge on any atom is -0.334 e. The summed E-state index contributed by atoms with van der Waals surface area (Å²) in [5.41, 5.74) is 5.78. The highest BCUT2D eigenvalue weighted by Gasteiger charge is 2.29. The lowest BCUT2D eigenvalue weighted by molar-refractivity contribution is -0.384. The molecule has 1 saturated heterocycles. The average Bonchev–Trinajstić information content (AvgIpc) is 2.85. The van der Waals surface area contributed by atoms with Crippen molar-refractivity contribution in [3.63, 3.8) is 0 Å². The van der Waals surface area contributed by atoms with Gasteiger partial charge in [-0.15, -0.1) is 0 Å². The number of halogens is 1. The first-order valence-corrected chi connectivity index (χ1v) is 6.37. The van der Waals surface area contributed by atoms with E-state index in [-0.39, 0.29) is 28.2 Å². The van der Waals surface area contributed by atoms with Crippen LogP contribution in [0.2, 0.25) is 5.02 Å². The van der Waals surface area contributed by atoms with Gasteiger partial charge >= 0.3 is 0 Å². The third-order valence-corrected chi connectivity index (χ3v) is 3.62.